The third-order valence-corrected chi connectivity index (χ3v) is 5.37. The molecule has 1 atom stereocenters. The Bertz CT molecular complexity index is 795. The monoisotopic (exact) mass is 398 g/mol. The summed E-state index contributed by atoms with van der Waals surface area (Å²) in [6.45, 7) is 0.311. The molecule has 1 saturated heterocycles. The van der Waals surface area contributed by atoms with Gasteiger partial charge in [0.1, 0.15) is 0 Å². The standard InChI is InChI=1S/C17H16Cl2N2O3S/c18-11-6-12(16(20)13(19)7-11)17(23)24-8-15(22)21-4-1-2-14(21)10-3-5-25-9-10/h3,5-7,9,14H,1-2,4,8,20H2/t14-/m1/s1. The molecule has 0 saturated carbocycles. The first-order valence-electron chi connectivity index (χ1n) is 7.70. The zero-order valence-corrected chi connectivity index (χ0v) is 15.5. The molecule has 0 bridgehead atoms. The summed E-state index contributed by atoms with van der Waals surface area (Å²) in [4.78, 5) is 26.4. The molecule has 1 aliphatic heterocycles. The molecule has 1 aromatic carbocycles. The van der Waals surface area contributed by atoms with E-state index in [9.17, 15) is 9.59 Å². The SMILES string of the molecule is Nc1c(Cl)cc(Cl)cc1C(=O)OCC(=O)N1CCC[C@@H]1c1ccsc1. The Kier molecular flexibility index (Phi) is 5.51. The number of halogens is 2. The van der Waals surface area contributed by atoms with Crippen LogP contribution < -0.4 is 5.73 Å². The topological polar surface area (TPSA) is 72.6 Å². The minimum absolute atomic E-state index is 0.0446. The maximum Gasteiger partial charge on any atom is 0.340 e. The van der Waals surface area contributed by atoms with E-state index in [4.69, 9.17) is 33.7 Å². The number of esters is 1. The van der Waals surface area contributed by atoms with E-state index in [1.165, 1.54) is 12.1 Å². The molecule has 3 rings (SSSR count). The number of nitrogen functional groups attached to an aromatic ring is 1. The van der Waals surface area contributed by atoms with Crippen LogP contribution in [0.1, 0.15) is 34.8 Å². The van der Waals surface area contributed by atoms with Gasteiger partial charge >= 0.3 is 5.97 Å². The molecule has 1 aliphatic rings. The largest absolute Gasteiger partial charge is 0.452 e. The van der Waals surface area contributed by atoms with Crippen LogP contribution in [0.25, 0.3) is 0 Å². The normalized spacial score (nSPS) is 16.9. The zero-order chi connectivity index (χ0) is 18.0. The lowest BCUT2D eigenvalue weighted by Gasteiger charge is -2.24. The van der Waals surface area contributed by atoms with E-state index in [0.717, 1.165) is 18.4 Å². The van der Waals surface area contributed by atoms with Crippen LogP contribution in [0.5, 0.6) is 0 Å². The van der Waals surface area contributed by atoms with Crippen molar-refractivity contribution in [3.05, 3.63) is 50.1 Å². The minimum atomic E-state index is -0.721. The molecule has 2 heterocycles. The van der Waals surface area contributed by atoms with Gasteiger partial charge in [-0.25, -0.2) is 4.79 Å². The second-order valence-electron chi connectivity index (χ2n) is 5.73. The van der Waals surface area contributed by atoms with Crippen LogP contribution in [-0.2, 0) is 9.53 Å². The van der Waals surface area contributed by atoms with Gasteiger partial charge in [0.2, 0.25) is 0 Å². The predicted octanol–water partition coefficient (Wildman–Crippen LogP) is 4.16. The highest BCUT2D eigenvalue weighted by molar-refractivity contribution is 7.08. The first kappa shape index (κ1) is 18.0. The van der Waals surface area contributed by atoms with Gasteiger partial charge in [0.25, 0.3) is 5.91 Å². The molecule has 8 heteroatoms. The Balaban J connectivity index is 1.65. The molecule has 0 aliphatic carbocycles. The smallest absolute Gasteiger partial charge is 0.340 e. The lowest BCUT2D eigenvalue weighted by atomic mass is 10.1. The van der Waals surface area contributed by atoms with Crippen molar-refractivity contribution in [2.75, 3.05) is 18.9 Å². The van der Waals surface area contributed by atoms with Crippen LogP contribution in [0.2, 0.25) is 10.0 Å². The first-order valence-corrected chi connectivity index (χ1v) is 9.40. The summed E-state index contributed by atoms with van der Waals surface area (Å²) in [6.07, 6.45) is 1.84. The maximum atomic E-state index is 12.5. The van der Waals surface area contributed by atoms with Gasteiger partial charge in [-0.05, 0) is 47.4 Å². The van der Waals surface area contributed by atoms with Crippen molar-refractivity contribution in [2.24, 2.45) is 0 Å². The number of carbonyl (C=O) groups excluding carboxylic acids is 2. The summed E-state index contributed by atoms with van der Waals surface area (Å²) in [5, 5.41) is 4.47. The van der Waals surface area contributed by atoms with E-state index >= 15 is 0 Å². The van der Waals surface area contributed by atoms with Gasteiger partial charge in [0, 0.05) is 11.6 Å². The highest BCUT2D eigenvalue weighted by Gasteiger charge is 2.30. The number of nitrogens with two attached hydrogens (primary N) is 1. The Morgan fingerprint density at radius 1 is 1.36 bits per heavy atom. The summed E-state index contributed by atoms with van der Waals surface area (Å²) < 4.78 is 5.13. The molecule has 0 unspecified atom stereocenters. The van der Waals surface area contributed by atoms with Gasteiger partial charge in [-0.15, -0.1) is 0 Å². The Morgan fingerprint density at radius 3 is 2.88 bits per heavy atom. The minimum Gasteiger partial charge on any atom is -0.452 e. The number of hydrogen-bond donors (Lipinski definition) is 1. The van der Waals surface area contributed by atoms with Crippen molar-refractivity contribution >= 4 is 52.1 Å². The second-order valence-corrected chi connectivity index (χ2v) is 7.35. The lowest BCUT2D eigenvalue weighted by Crippen LogP contribution is -2.34. The highest BCUT2D eigenvalue weighted by atomic mass is 35.5. The Hall–Kier alpha value is -1.76. The molecule has 25 heavy (non-hydrogen) atoms. The molecule has 0 spiro atoms. The lowest BCUT2D eigenvalue weighted by molar-refractivity contribution is -0.135. The Labute approximate surface area is 159 Å². The summed E-state index contributed by atoms with van der Waals surface area (Å²) in [6, 6.07) is 4.88. The van der Waals surface area contributed by atoms with Crippen molar-refractivity contribution in [2.45, 2.75) is 18.9 Å². The molecule has 132 valence electrons. The number of likely N-dealkylation sites (tertiary alicyclic amines) is 1. The molecular weight excluding hydrogens is 383 g/mol. The van der Waals surface area contributed by atoms with Crippen LogP contribution in [0.15, 0.2) is 29.0 Å². The third kappa shape index (κ3) is 3.92. The van der Waals surface area contributed by atoms with Crippen molar-refractivity contribution < 1.29 is 14.3 Å². The third-order valence-electron chi connectivity index (χ3n) is 4.14. The van der Waals surface area contributed by atoms with Gasteiger partial charge < -0.3 is 15.4 Å². The number of benzene rings is 1. The second kappa shape index (κ2) is 7.64. The van der Waals surface area contributed by atoms with Gasteiger partial charge in [-0.3, -0.25) is 4.79 Å². The van der Waals surface area contributed by atoms with E-state index < -0.39 is 5.97 Å². The van der Waals surface area contributed by atoms with E-state index in [2.05, 4.69) is 0 Å². The number of amides is 1. The van der Waals surface area contributed by atoms with E-state index in [1.54, 1.807) is 16.2 Å². The van der Waals surface area contributed by atoms with Gasteiger partial charge in [0.15, 0.2) is 6.61 Å². The van der Waals surface area contributed by atoms with E-state index in [-0.39, 0.29) is 39.9 Å². The fourth-order valence-electron chi connectivity index (χ4n) is 2.92. The van der Waals surface area contributed by atoms with Crippen molar-refractivity contribution in [3.63, 3.8) is 0 Å². The van der Waals surface area contributed by atoms with Crippen LogP contribution in [0.3, 0.4) is 0 Å². The number of thiophene rings is 1. The summed E-state index contributed by atoms with van der Waals surface area (Å²) in [7, 11) is 0. The predicted molar refractivity (Wildman–Crippen MR) is 99.2 cm³/mol. The van der Waals surface area contributed by atoms with Crippen LogP contribution in [0, 0.1) is 0 Å². The summed E-state index contributed by atoms with van der Waals surface area (Å²) in [5.74, 6) is -0.949. The van der Waals surface area contributed by atoms with Crippen molar-refractivity contribution in [1.29, 1.82) is 0 Å². The van der Waals surface area contributed by atoms with Crippen molar-refractivity contribution in [3.8, 4) is 0 Å². The van der Waals surface area contributed by atoms with Gasteiger partial charge in [-0.2, -0.15) is 11.3 Å². The summed E-state index contributed by atoms with van der Waals surface area (Å²) in [5.41, 5.74) is 7.04. The number of ether oxygens (including phenoxy) is 1. The number of rotatable bonds is 4. The molecule has 1 fully saturated rings. The highest BCUT2D eigenvalue weighted by Crippen LogP contribution is 2.33. The quantitative estimate of drug-likeness (QED) is 0.619. The number of anilines is 1. The molecule has 2 N–H and O–H groups in total. The summed E-state index contributed by atoms with van der Waals surface area (Å²) >= 11 is 13.4. The van der Waals surface area contributed by atoms with Gasteiger partial charge in [-0.1, -0.05) is 23.2 Å². The number of carbonyl (C=O) groups is 2. The molecule has 2 aromatic rings. The molecule has 5 nitrogen and oxygen atoms in total. The average Bonchev–Trinajstić information content (AvgIpc) is 3.25. The van der Waals surface area contributed by atoms with Crippen LogP contribution in [-0.4, -0.2) is 29.9 Å². The molecule has 1 amide bonds. The molecular formula is C17H16Cl2N2O3S. The van der Waals surface area contributed by atoms with Crippen LogP contribution in [0.4, 0.5) is 5.69 Å². The van der Waals surface area contributed by atoms with E-state index in [1.807, 2.05) is 16.8 Å². The van der Waals surface area contributed by atoms with Crippen molar-refractivity contribution in [1.82, 2.24) is 4.90 Å². The van der Waals surface area contributed by atoms with E-state index in [0.29, 0.717) is 6.54 Å². The van der Waals surface area contributed by atoms with Gasteiger partial charge in [0.05, 0.1) is 22.3 Å². The zero-order valence-electron chi connectivity index (χ0n) is 13.2. The first-order chi connectivity index (χ1) is 12.0. The fourth-order valence-corrected chi connectivity index (χ4v) is 4.12. The maximum absolute atomic E-state index is 12.5. The van der Waals surface area contributed by atoms with Crippen LogP contribution >= 0.6 is 34.5 Å². The average molecular weight is 399 g/mol. The Morgan fingerprint density at radius 2 is 2.16 bits per heavy atom. The molecule has 0 radical (unpaired) electrons. The number of hydrogen-bond acceptors (Lipinski definition) is 5. The fraction of sp³-hybridized carbons (Fsp3) is 0.294. The molecule has 1 aromatic heterocycles. The number of nitrogens with zero attached hydrogens (tertiary/aromatic N) is 1.